The standard InChI is InChI=1S/C11H13BrN2O3/c1-3-11(2,10(16)17)14-9(15)7-4-5-8(12)13-6-7/h4-6H,3H2,1-2H3,(H,14,15)(H,16,17). The van der Waals surface area contributed by atoms with Crippen molar-refractivity contribution in [3.63, 3.8) is 0 Å². The van der Waals surface area contributed by atoms with Crippen LogP contribution in [0.4, 0.5) is 0 Å². The number of carboxylic acid groups (broad SMARTS) is 1. The van der Waals surface area contributed by atoms with Crippen LogP contribution in [0.15, 0.2) is 22.9 Å². The number of aromatic nitrogens is 1. The summed E-state index contributed by atoms with van der Waals surface area (Å²) in [7, 11) is 0. The number of hydrogen-bond acceptors (Lipinski definition) is 3. The van der Waals surface area contributed by atoms with Crippen LogP contribution in [-0.4, -0.2) is 27.5 Å². The Morgan fingerprint density at radius 1 is 1.53 bits per heavy atom. The molecule has 0 spiro atoms. The van der Waals surface area contributed by atoms with Crippen molar-refractivity contribution >= 4 is 27.8 Å². The molecule has 0 bridgehead atoms. The van der Waals surface area contributed by atoms with Gasteiger partial charge in [0.2, 0.25) is 0 Å². The molecule has 2 N–H and O–H groups in total. The molecule has 1 amide bonds. The van der Waals surface area contributed by atoms with E-state index in [2.05, 4.69) is 26.2 Å². The maximum atomic E-state index is 11.8. The minimum absolute atomic E-state index is 0.304. The second-order valence-electron chi connectivity index (χ2n) is 3.81. The quantitative estimate of drug-likeness (QED) is 0.832. The van der Waals surface area contributed by atoms with Crippen molar-refractivity contribution in [1.82, 2.24) is 10.3 Å². The molecule has 1 unspecified atom stereocenters. The highest BCUT2D eigenvalue weighted by molar-refractivity contribution is 9.10. The second kappa shape index (κ2) is 5.27. The van der Waals surface area contributed by atoms with Crippen LogP contribution in [0.25, 0.3) is 0 Å². The molecular weight excluding hydrogens is 288 g/mol. The third-order valence-corrected chi connectivity index (χ3v) is 3.03. The van der Waals surface area contributed by atoms with E-state index in [1.165, 1.54) is 13.1 Å². The molecule has 0 fully saturated rings. The number of halogens is 1. The Bertz CT molecular complexity index is 433. The monoisotopic (exact) mass is 300 g/mol. The smallest absolute Gasteiger partial charge is 0.329 e. The number of nitrogens with zero attached hydrogens (tertiary/aromatic N) is 1. The molecule has 0 saturated heterocycles. The zero-order valence-electron chi connectivity index (χ0n) is 9.53. The van der Waals surface area contributed by atoms with Crippen molar-refractivity contribution in [3.05, 3.63) is 28.5 Å². The molecule has 0 aromatic carbocycles. The van der Waals surface area contributed by atoms with Crippen LogP contribution in [0.2, 0.25) is 0 Å². The summed E-state index contributed by atoms with van der Waals surface area (Å²) in [5.41, 5.74) is -0.932. The Kier molecular flexibility index (Phi) is 4.22. The fraction of sp³-hybridized carbons (Fsp3) is 0.364. The van der Waals surface area contributed by atoms with Gasteiger partial charge in [-0.15, -0.1) is 0 Å². The average Bonchev–Trinajstić information content (AvgIpc) is 2.29. The summed E-state index contributed by atoms with van der Waals surface area (Å²) in [6, 6.07) is 3.20. The summed E-state index contributed by atoms with van der Waals surface area (Å²) < 4.78 is 0.616. The second-order valence-corrected chi connectivity index (χ2v) is 4.63. The number of amides is 1. The van der Waals surface area contributed by atoms with E-state index in [1.54, 1.807) is 19.1 Å². The minimum Gasteiger partial charge on any atom is -0.480 e. The van der Waals surface area contributed by atoms with Gasteiger partial charge in [-0.1, -0.05) is 6.92 Å². The molecular formula is C11H13BrN2O3. The molecule has 1 aromatic rings. The molecule has 0 aliphatic rings. The molecule has 1 aromatic heterocycles. The van der Waals surface area contributed by atoms with E-state index in [0.717, 1.165) is 0 Å². The summed E-state index contributed by atoms with van der Waals surface area (Å²) in [5.74, 6) is -1.50. The summed E-state index contributed by atoms with van der Waals surface area (Å²) >= 11 is 3.16. The van der Waals surface area contributed by atoms with Gasteiger partial charge in [0.15, 0.2) is 0 Å². The van der Waals surface area contributed by atoms with Crippen molar-refractivity contribution in [1.29, 1.82) is 0 Å². The lowest BCUT2D eigenvalue weighted by Gasteiger charge is -2.24. The molecule has 0 aliphatic heterocycles. The van der Waals surface area contributed by atoms with Gasteiger partial charge in [0.1, 0.15) is 10.1 Å². The first-order chi connectivity index (χ1) is 7.89. The molecule has 6 heteroatoms. The van der Waals surface area contributed by atoms with Crippen LogP contribution < -0.4 is 5.32 Å². The van der Waals surface area contributed by atoms with Gasteiger partial charge in [0.25, 0.3) is 5.91 Å². The van der Waals surface area contributed by atoms with Crippen molar-refractivity contribution in [3.8, 4) is 0 Å². The first kappa shape index (κ1) is 13.6. The van der Waals surface area contributed by atoms with Gasteiger partial charge in [0, 0.05) is 6.20 Å². The molecule has 1 rings (SSSR count). The van der Waals surface area contributed by atoms with Crippen LogP contribution in [0.5, 0.6) is 0 Å². The summed E-state index contributed by atoms with van der Waals surface area (Å²) in [6.07, 6.45) is 1.69. The number of hydrogen-bond donors (Lipinski definition) is 2. The Morgan fingerprint density at radius 2 is 2.18 bits per heavy atom. The van der Waals surface area contributed by atoms with Crippen LogP contribution in [0, 0.1) is 0 Å². The van der Waals surface area contributed by atoms with E-state index in [1.807, 2.05) is 0 Å². The third kappa shape index (κ3) is 3.26. The molecule has 92 valence electrons. The van der Waals surface area contributed by atoms with Gasteiger partial charge in [0.05, 0.1) is 5.56 Å². The van der Waals surface area contributed by atoms with Crippen LogP contribution in [0.3, 0.4) is 0 Å². The van der Waals surface area contributed by atoms with Crippen molar-refractivity contribution in [2.75, 3.05) is 0 Å². The van der Waals surface area contributed by atoms with Crippen LogP contribution >= 0.6 is 15.9 Å². The highest BCUT2D eigenvalue weighted by Gasteiger charge is 2.32. The summed E-state index contributed by atoms with van der Waals surface area (Å²) in [6.45, 7) is 3.17. The molecule has 1 heterocycles. The van der Waals surface area contributed by atoms with E-state index in [9.17, 15) is 9.59 Å². The molecule has 0 aliphatic carbocycles. The van der Waals surface area contributed by atoms with E-state index >= 15 is 0 Å². The number of carbonyl (C=O) groups excluding carboxylic acids is 1. The SMILES string of the molecule is CCC(C)(NC(=O)c1ccc(Br)nc1)C(=O)O. The minimum atomic E-state index is -1.26. The zero-order valence-corrected chi connectivity index (χ0v) is 11.1. The highest BCUT2D eigenvalue weighted by atomic mass is 79.9. The Balaban J connectivity index is 2.85. The van der Waals surface area contributed by atoms with Crippen molar-refractivity contribution in [2.24, 2.45) is 0 Å². The Hall–Kier alpha value is -1.43. The maximum absolute atomic E-state index is 11.8. The van der Waals surface area contributed by atoms with E-state index in [4.69, 9.17) is 5.11 Å². The Labute approximate surface area is 107 Å². The fourth-order valence-electron chi connectivity index (χ4n) is 1.13. The normalized spacial score (nSPS) is 13.8. The predicted molar refractivity (Wildman–Crippen MR) is 65.7 cm³/mol. The maximum Gasteiger partial charge on any atom is 0.329 e. The lowest BCUT2D eigenvalue weighted by molar-refractivity contribution is -0.143. The molecule has 0 radical (unpaired) electrons. The van der Waals surface area contributed by atoms with E-state index < -0.39 is 17.4 Å². The number of aliphatic carboxylic acids is 1. The lowest BCUT2D eigenvalue weighted by atomic mass is 9.99. The van der Waals surface area contributed by atoms with Gasteiger partial charge in [-0.3, -0.25) is 4.79 Å². The van der Waals surface area contributed by atoms with E-state index in [0.29, 0.717) is 16.6 Å². The third-order valence-electron chi connectivity index (χ3n) is 2.56. The molecule has 0 saturated carbocycles. The van der Waals surface area contributed by atoms with Crippen molar-refractivity contribution in [2.45, 2.75) is 25.8 Å². The molecule has 1 atom stereocenters. The number of carboxylic acids is 1. The summed E-state index contributed by atoms with van der Waals surface area (Å²) in [5, 5.41) is 11.5. The van der Waals surface area contributed by atoms with Gasteiger partial charge in [-0.25, -0.2) is 9.78 Å². The number of nitrogens with one attached hydrogen (secondary N) is 1. The fourth-order valence-corrected chi connectivity index (χ4v) is 1.36. The zero-order chi connectivity index (χ0) is 13.1. The predicted octanol–water partition coefficient (Wildman–Crippen LogP) is 1.83. The van der Waals surface area contributed by atoms with E-state index in [-0.39, 0.29) is 0 Å². The largest absolute Gasteiger partial charge is 0.480 e. The van der Waals surface area contributed by atoms with Gasteiger partial charge >= 0.3 is 5.97 Å². The van der Waals surface area contributed by atoms with Gasteiger partial charge < -0.3 is 10.4 Å². The first-order valence-corrected chi connectivity index (χ1v) is 5.86. The van der Waals surface area contributed by atoms with Crippen LogP contribution in [-0.2, 0) is 4.79 Å². The number of rotatable bonds is 4. The number of carbonyl (C=O) groups is 2. The lowest BCUT2D eigenvalue weighted by Crippen LogP contribution is -2.51. The summed E-state index contributed by atoms with van der Waals surface area (Å²) in [4.78, 5) is 26.7. The highest BCUT2D eigenvalue weighted by Crippen LogP contribution is 2.12. The molecule has 17 heavy (non-hydrogen) atoms. The van der Waals surface area contributed by atoms with Gasteiger partial charge in [-0.05, 0) is 41.4 Å². The number of pyridine rings is 1. The average molecular weight is 301 g/mol. The van der Waals surface area contributed by atoms with Gasteiger partial charge in [-0.2, -0.15) is 0 Å². The van der Waals surface area contributed by atoms with Crippen molar-refractivity contribution < 1.29 is 14.7 Å². The molecule has 5 nitrogen and oxygen atoms in total. The van der Waals surface area contributed by atoms with Crippen LogP contribution in [0.1, 0.15) is 30.6 Å². The topological polar surface area (TPSA) is 79.3 Å². The first-order valence-electron chi connectivity index (χ1n) is 5.06. The Morgan fingerprint density at radius 3 is 2.59 bits per heavy atom.